The average molecular weight is 290 g/mol. The van der Waals surface area contributed by atoms with Crippen LogP contribution < -0.4 is 9.47 Å². The molecule has 0 spiro atoms. The quantitative estimate of drug-likeness (QED) is 0.846. The maximum Gasteiger partial charge on any atom is 0.170 e. The molecule has 108 valence electrons. The van der Waals surface area contributed by atoms with Crippen molar-refractivity contribution in [1.82, 2.24) is 0 Å². The van der Waals surface area contributed by atoms with Gasteiger partial charge in [-0.25, -0.2) is 8.78 Å². The molecule has 3 nitrogen and oxygen atoms in total. The summed E-state index contributed by atoms with van der Waals surface area (Å²) in [5.41, 5.74) is 0.459. The Kier molecular flexibility index (Phi) is 3.33. The monoisotopic (exact) mass is 290 g/mol. The fraction of sp³-hybridized carbons (Fsp3) is 0.188. The van der Waals surface area contributed by atoms with Crippen LogP contribution in [0.3, 0.4) is 0 Å². The minimum Gasteiger partial charge on any atom is -0.497 e. The molecular weight excluding hydrogens is 278 g/mol. The van der Waals surface area contributed by atoms with Gasteiger partial charge in [0.05, 0.1) is 19.1 Å². The van der Waals surface area contributed by atoms with E-state index in [4.69, 9.17) is 9.47 Å². The van der Waals surface area contributed by atoms with Crippen LogP contribution in [0.15, 0.2) is 36.4 Å². The lowest BCUT2D eigenvalue weighted by Gasteiger charge is -2.26. The maximum atomic E-state index is 13.8. The third-order valence-corrected chi connectivity index (χ3v) is 3.43. The first-order valence-electron chi connectivity index (χ1n) is 6.41. The molecule has 3 rings (SSSR count). The number of Topliss-reactive ketones (excluding diaryl/α,β-unsaturated/α-hetero) is 1. The van der Waals surface area contributed by atoms with E-state index < -0.39 is 17.7 Å². The number of hydrogen-bond donors (Lipinski definition) is 0. The summed E-state index contributed by atoms with van der Waals surface area (Å²) in [5, 5.41) is 0. The standard InChI is InChI=1S/C16H12F2O3/c1-20-10-3-4-11-14(19)8-16(21-15(11)7-10)12-6-9(17)2-5-13(12)18/h2-7,16H,8H2,1H3. The lowest BCUT2D eigenvalue weighted by atomic mass is 9.96. The summed E-state index contributed by atoms with van der Waals surface area (Å²) in [6.07, 6.45) is -0.868. The number of fused-ring (bicyclic) bond motifs is 1. The molecule has 1 atom stereocenters. The second-order valence-electron chi connectivity index (χ2n) is 4.76. The zero-order chi connectivity index (χ0) is 15.0. The first-order valence-corrected chi connectivity index (χ1v) is 6.41. The molecule has 0 fully saturated rings. The van der Waals surface area contributed by atoms with Gasteiger partial charge in [0.2, 0.25) is 0 Å². The van der Waals surface area contributed by atoms with E-state index in [0.717, 1.165) is 18.2 Å². The molecule has 2 aromatic rings. The van der Waals surface area contributed by atoms with Gasteiger partial charge in [0, 0.05) is 11.6 Å². The number of benzene rings is 2. The Labute approximate surface area is 120 Å². The van der Waals surface area contributed by atoms with Gasteiger partial charge in [-0.1, -0.05) is 0 Å². The summed E-state index contributed by atoms with van der Waals surface area (Å²) < 4.78 is 37.8. The lowest BCUT2D eigenvalue weighted by molar-refractivity contribution is 0.0844. The van der Waals surface area contributed by atoms with Crippen LogP contribution in [0.1, 0.15) is 28.4 Å². The maximum absolute atomic E-state index is 13.8. The van der Waals surface area contributed by atoms with Gasteiger partial charge in [0.25, 0.3) is 0 Å². The number of hydrogen-bond acceptors (Lipinski definition) is 3. The SMILES string of the molecule is COc1ccc2c(c1)OC(c1cc(F)ccc1F)CC2=O. The molecular formula is C16H12F2O3. The van der Waals surface area contributed by atoms with Gasteiger partial charge >= 0.3 is 0 Å². The molecule has 21 heavy (non-hydrogen) atoms. The van der Waals surface area contributed by atoms with Gasteiger partial charge < -0.3 is 9.47 Å². The minimum absolute atomic E-state index is 0.0281. The third kappa shape index (κ3) is 2.46. The highest BCUT2D eigenvalue weighted by Gasteiger charge is 2.30. The van der Waals surface area contributed by atoms with Crippen molar-refractivity contribution in [1.29, 1.82) is 0 Å². The Morgan fingerprint density at radius 2 is 2.00 bits per heavy atom. The van der Waals surface area contributed by atoms with Crippen molar-refractivity contribution < 1.29 is 23.0 Å². The van der Waals surface area contributed by atoms with E-state index in [-0.39, 0.29) is 17.8 Å². The highest BCUT2D eigenvalue weighted by Crippen LogP contribution is 2.37. The molecule has 5 heteroatoms. The molecule has 0 saturated heterocycles. The smallest absolute Gasteiger partial charge is 0.170 e. The van der Waals surface area contributed by atoms with Crippen molar-refractivity contribution in [3.63, 3.8) is 0 Å². The van der Waals surface area contributed by atoms with Crippen LogP contribution in [0.2, 0.25) is 0 Å². The van der Waals surface area contributed by atoms with Crippen LogP contribution in [0, 0.1) is 11.6 Å². The first-order chi connectivity index (χ1) is 10.1. The van der Waals surface area contributed by atoms with E-state index in [1.807, 2.05) is 0 Å². The van der Waals surface area contributed by atoms with E-state index in [1.165, 1.54) is 7.11 Å². The fourth-order valence-electron chi connectivity index (χ4n) is 2.37. The van der Waals surface area contributed by atoms with Gasteiger partial charge in [-0.2, -0.15) is 0 Å². The summed E-state index contributed by atoms with van der Waals surface area (Å²) in [5.74, 6) is -0.492. The van der Waals surface area contributed by atoms with Crippen molar-refractivity contribution in [3.8, 4) is 11.5 Å². The number of rotatable bonds is 2. The Morgan fingerprint density at radius 1 is 1.19 bits per heavy atom. The molecule has 0 aliphatic carbocycles. The molecule has 0 radical (unpaired) electrons. The summed E-state index contributed by atoms with van der Waals surface area (Å²) in [7, 11) is 1.50. The Bertz CT molecular complexity index is 713. The highest BCUT2D eigenvalue weighted by atomic mass is 19.1. The van der Waals surface area contributed by atoms with Crippen molar-refractivity contribution in [3.05, 3.63) is 59.2 Å². The Balaban J connectivity index is 2.01. The van der Waals surface area contributed by atoms with Crippen LogP contribution in [0.5, 0.6) is 11.5 Å². The van der Waals surface area contributed by atoms with E-state index >= 15 is 0 Å². The van der Waals surface area contributed by atoms with Crippen LogP contribution in [-0.4, -0.2) is 12.9 Å². The average Bonchev–Trinajstić information content (AvgIpc) is 2.49. The third-order valence-electron chi connectivity index (χ3n) is 3.43. The largest absolute Gasteiger partial charge is 0.497 e. The molecule has 0 bridgehead atoms. The van der Waals surface area contributed by atoms with Gasteiger partial charge in [0.15, 0.2) is 5.78 Å². The van der Waals surface area contributed by atoms with E-state index in [0.29, 0.717) is 17.1 Å². The number of carbonyl (C=O) groups excluding carboxylic acids is 1. The predicted molar refractivity (Wildman–Crippen MR) is 71.7 cm³/mol. The minimum atomic E-state index is -0.840. The molecule has 0 N–H and O–H groups in total. The van der Waals surface area contributed by atoms with E-state index in [9.17, 15) is 13.6 Å². The molecule has 1 aliphatic heterocycles. The van der Waals surface area contributed by atoms with E-state index in [2.05, 4.69) is 0 Å². The summed E-state index contributed by atoms with van der Waals surface area (Å²) >= 11 is 0. The summed E-state index contributed by atoms with van der Waals surface area (Å²) in [6.45, 7) is 0. The molecule has 1 aliphatic rings. The van der Waals surface area contributed by atoms with Gasteiger partial charge in [0.1, 0.15) is 29.2 Å². The summed E-state index contributed by atoms with van der Waals surface area (Å²) in [6, 6.07) is 7.94. The topological polar surface area (TPSA) is 35.5 Å². The van der Waals surface area contributed by atoms with Crippen LogP contribution in [-0.2, 0) is 0 Å². The molecule has 2 aromatic carbocycles. The van der Waals surface area contributed by atoms with Crippen molar-refractivity contribution in [2.75, 3.05) is 7.11 Å². The zero-order valence-corrected chi connectivity index (χ0v) is 11.2. The lowest BCUT2D eigenvalue weighted by Crippen LogP contribution is -2.21. The first kappa shape index (κ1) is 13.5. The molecule has 0 amide bonds. The second kappa shape index (κ2) is 5.16. The number of methoxy groups -OCH3 is 1. The van der Waals surface area contributed by atoms with Crippen LogP contribution in [0.25, 0.3) is 0 Å². The van der Waals surface area contributed by atoms with Gasteiger partial charge in [-0.3, -0.25) is 4.79 Å². The van der Waals surface area contributed by atoms with Crippen LogP contribution in [0.4, 0.5) is 8.78 Å². The normalized spacial score (nSPS) is 17.1. The second-order valence-corrected chi connectivity index (χ2v) is 4.76. The van der Waals surface area contributed by atoms with Crippen LogP contribution >= 0.6 is 0 Å². The Morgan fingerprint density at radius 3 is 2.76 bits per heavy atom. The van der Waals surface area contributed by atoms with Crippen molar-refractivity contribution >= 4 is 5.78 Å². The molecule has 1 unspecified atom stereocenters. The number of ketones is 1. The Hall–Kier alpha value is -2.43. The predicted octanol–water partition coefficient (Wildman–Crippen LogP) is 3.68. The zero-order valence-electron chi connectivity index (χ0n) is 11.2. The highest BCUT2D eigenvalue weighted by molar-refractivity contribution is 6.00. The van der Waals surface area contributed by atoms with Crippen molar-refractivity contribution in [2.45, 2.75) is 12.5 Å². The molecule has 1 heterocycles. The van der Waals surface area contributed by atoms with Gasteiger partial charge in [-0.15, -0.1) is 0 Å². The number of ether oxygens (including phenoxy) is 2. The van der Waals surface area contributed by atoms with E-state index in [1.54, 1.807) is 18.2 Å². The molecule has 0 aromatic heterocycles. The van der Waals surface area contributed by atoms with Gasteiger partial charge in [-0.05, 0) is 30.3 Å². The summed E-state index contributed by atoms with van der Waals surface area (Å²) in [4.78, 5) is 12.1. The fourth-order valence-corrected chi connectivity index (χ4v) is 2.37. The van der Waals surface area contributed by atoms with Crippen molar-refractivity contribution in [2.24, 2.45) is 0 Å². The molecule has 0 saturated carbocycles. The number of halogens is 2. The number of carbonyl (C=O) groups is 1.